The molecule has 0 spiro atoms. The number of ketones is 1. The van der Waals surface area contributed by atoms with Crippen molar-refractivity contribution in [3.05, 3.63) is 40.3 Å². The van der Waals surface area contributed by atoms with Crippen molar-refractivity contribution in [1.29, 1.82) is 0 Å². The van der Waals surface area contributed by atoms with Crippen LogP contribution < -0.4 is 11.1 Å². The van der Waals surface area contributed by atoms with E-state index in [0.29, 0.717) is 11.3 Å². The van der Waals surface area contributed by atoms with Gasteiger partial charge in [-0.15, -0.1) is 11.3 Å². The lowest BCUT2D eigenvalue weighted by Gasteiger charge is -2.08. The largest absolute Gasteiger partial charge is 0.398 e. The Hall–Kier alpha value is -1.88. The summed E-state index contributed by atoms with van der Waals surface area (Å²) in [6.45, 7) is 2.31. The van der Waals surface area contributed by atoms with Crippen LogP contribution >= 0.6 is 11.3 Å². The van der Waals surface area contributed by atoms with Gasteiger partial charge in [-0.25, -0.2) is 4.98 Å². The van der Waals surface area contributed by atoms with Crippen molar-refractivity contribution in [1.82, 2.24) is 4.98 Å². The highest BCUT2D eigenvalue weighted by atomic mass is 32.1. The zero-order chi connectivity index (χ0) is 13.0. The van der Waals surface area contributed by atoms with Gasteiger partial charge in [0.25, 0.3) is 0 Å². The third-order valence-electron chi connectivity index (χ3n) is 2.58. The maximum Gasteiger partial charge on any atom is 0.161 e. The maximum atomic E-state index is 11.2. The van der Waals surface area contributed by atoms with Crippen molar-refractivity contribution in [2.24, 2.45) is 0 Å². The van der Waals surface area contributed by atoms with Crippen LogP contribution in [-0.4, -0.2) is 17.3 Å². The lowest BCUT2D eigenvalue weighted by Crippen LogP contribution is -2.06. The second kappa shape index (κ2) is 5.64. The van der Waals surface area contributed by atoms with Gasteiger partial charge in [0.2, 0.25) is 0 Å². The molecule has 18 heavy (non-hydrogen) atoms. The molecule has 0 aliphatic carbocycles. The summed E-state index contributed by atoms with van der Waals surface area (Å²) in [5.74, 6) is -0.0122. The Morgan fingerprint density at radius 2 is 2.33 bits per heavy atom. The molecule has 2 aromatic rings. The molecule has 0 amide bonds. The van der Waals surface area contributed by atoms with E-state index in [1.165, 1.54) is 6.92 Å². The molecule has 0 saturated carbocycles. The fourth-order valence-electron chi connectivity index (χ4n) is 1.68. The number of thiazole rings is 1. The van der Waals surface area contributed by atoms with Crippen molar-refractivity contribution < 1.29 is 4.79 Å². The first-order valence-electron chi connectivity index (χ1n) is 5.69. The van der Waals surface area contributed by atoms with Crippen molar-refractivity contribution in [3.63, 3.8) is 0 Å². The lowest BCUT2D eigenvalue weighted by molar-refractivity contribution is 0.101. The Labute approximate surface area is 110 Å². The Bertz CT molecular complexity index is 537. The van der Waals surface area contributed by atoms with Crippen LogP contribution in [-0.2, 0) is 6.42 Å². The number of hydrogen-bond donors (Lipinski definition) is 2. The van der Waals surface area contributed by atoms with Crippen LogP contribution in [0.5, 0.6) is 0 Å². The molecule has 0 aliphatic rings. The lowest BCUT2D eigenvalue weighted by atomic mass is 10.1. The van der Waals surface area contributed by atoms with Gasteiger partial charge < -0.3 is 11.1 Å². The number of carbonyl (C=O) groups excluding carboxylic acids is 1. The number of hydrogen-bond acceptors (Lipinski definition) is 5. The van der Waals surface area contributed by atoms with Gasteiger partial charge in [-0.1, -0.05) is 0 Å². The fraction of sp³-hybridized carbons (Fsp3) is 0.231. The monoisotopic (exact) mass is 261 g/mol. The Morgan fingerprint density at radius 1 is 1.50 bits per heavy atom. The summed E-state index contributed by atoms with van der Waals surface area (Å²) in [4.78, 5) is 15.5. The number of carbonyl (C=O) groups is 1. The van der Waals surface area contributed by atoms with Crippen molar-refractivity contribution in [2.75, 3.05) is 17.6 Å². The molecule has 1 heterocycles. The van der Waals surface area contributed by atoms with Crippen molar-refractivity contribution in [3.8, 4) is 0 Å². The first-order valence-corrected chi connectivity index (χ1v) is 6.57. The van der Waals surface area contributed by atoms with Gasteiger partial charge in [0.15, 0.2) is 5.78 Å². The topological polar surface area (TPSA) is 68.0 Å². The number of aromatic nitrogens is 1. The highest BCUT2D eigenvalue weighted by Gasteiger charge is 2.05. The fourth-order valence-corrected chi connectivity index (χ4v) is 2.30. The third-order valence-corrected chi connectivity index (χ3v) is 3.42. The molecule has 0 fully saturated rings. The first-order chi connectivity index (χ1) is 8.66. The van der Waals surface area contributed by atoms with Crippen LogP contribution in [0, 0.1) is 0 Å². The predicted molar refractivity (Wildman–Crippen MR) is 75.2 cm³/mol. The molecule has 0 bridgehead atoms. The predicted octanol–water partition coefficient (Wildman–Crippen LogP) is 2.58. The van der Waals surface area contributed by atoms with E-state index in [1.54, 1.807) is 29.7 Å². The Kier molecular flexibility index (Phi) is 3.94. The van der Waals surface area contributed by atoms with Crippen LogP contribution in [0.1, 0.15) is 22.3 Å². The van der Waals surface area contributed by atoms with Crippen LogP contribution in [0.2, 0.25) is 0 Å². The van der Waals surface area contributed by atoms with E-state index in [-0.39, 0.29) is 5.78 Å². The number of nitrogen functional groups attached to an aromatic ring is 1. The number of nitrogens with two attached hydrogens (primary N) is 1. The molecule has 0 saturated heterocycles. The molecule has 5 heteroatoms. The molecule has 0 radical (unpaired) electrons. The number of benzene rings is 1. The second-order valence-electron chi connectivity index (χ2n) is 3.96. The van der Waals surface area contributed by atoms with Gasteiger partial charge in [0.05, 0.1) is 5.01 Å². The quantitative estimate of drug-likeness (QED) is 0.641. The number of nitrogens with zero attached hydrogens (tertiary/aromatic N) is 1. The summed E-state index contributed by atoms with van der Waals surface area (Å²) in [5, 5.41) is 6.34. The maximum absolute atomic E-state index is 11.2. The number of rotatable bonds is 5. The zero-order valence-corrected chi connectivity index (χ0v) is 11.0. The molecule has 0 aliphatic heterocycles. The van der Waals surface area contributed by atoms with E-state index >= 15 is 0 Å². The van der Waals surface area contributed by atoms with Crippen LogP contribution in [0.3, 0.4) is 0 Å². The summed E-state index contributed by atoms with van der Waals surface area (Å²) >= 11 is 1.65. The van der Waals surface area contributed by atoms with Crippen LogP contribution in [0.4, 0.5) is 11.4 Å². The van der Waals surface area contributed by atoms with Crippen LogP contribution in [0.25, 0.3) is 0 Å². The van der Waals surface area contributed by atoms with Crippen molar-refractivity contribution in [2.45, 2.75) is 13.3 Å². The summed E-state index contributed by atoms with van der Waals surface area (Å²) < 4.78 is 0. The summed E-state index contributed by atoms with van der Waals surface area (Å²) in [5.41, 5.74) is 7.83. The van der Waals surface area contributed by atoms with Gasteiger partial charge in [-0.2, -0.15) is 0 Å². The van der Waals surface area contributed by atoms with Crippen LogP contribution in [0.15, 0.2) is 29.8 Å². The van der Waals surface area contributed by atoms with Gasteiger partial charge in [-0.3, -0.25) is 4.79 Å². The van der Waals surface area contributed by atoms with E-state index < -0.39 is 0 Å². The Balaban J connectivity index is 1.94. The van der Waals surface area contributed by atoms with E-state index in [2.05, 4.69) is 10.3 Å². The van der Waals surface area contributed by atoms with E-state index in [9.17, 15) is 4.79 Å². The number of Topliss-reactive ketones (excluding diaryl/α,β-unsaturated/α-hetero) is 1. The minimum absolute atomic E-state index is 0.0122. The van der Waals surface area contributed by atoms with Gasteiger partial charge in [0.1, 0.15) is 0 Å². The molecule has 3 N–H and O–H groups in total. The molecule has 4 nitrogen and oxygen atoms in total. The number of anilines is 2. The molecule has 1 aromatic heterocycles. The smallest absolute Gasteiger partial charge is 0.161 e. The van der Waals surface area contributed by atoms with Gasteiger partial charge in [-0.05, 0) is 25.1 Å². The van der Waals surface area contributed by atoms with Crippen molar-refractivity contribution >= 4 is 28.5 Å². The minimum Gasteiger partial charge on any atom is -0.398 e. The van der Waals surface area contributed by atoms with Gasteiger partial charge in [0, 0.05) is 41.5 Å². The molecule has 2 rings (SSSR count). The van der Waals surface area contributed by atoms with E-state index in [1.807, 2.05) is 11.4 Å². The first kappa shape index (κ1) is 12.6. The zero-order valence-electron chi connectivity index (χ0n) is 10.1. The van der Waals surface area contributed by atoms with E-state index in [0.717, 1.165) is 23.7 Å². The summed E-state index contributed by atoms with van der Waals surface area (Å²) in [6.07, 6.45) is 2.69. The third kappa shape index (κ3) is 3.07. The Morgan fingerprint density at radius 3 is 2.94 bits per heavy atom. The molecule has 0 unspecified atom stereocenters. The number of nitrogens with one attached hydrogen (secondary N) is 1. The summed E-state index contributed by atoms with van der Waals surface area (Å²) in [7, 11) is 0. The normalized spacial score (nSPS) is 10.3. The molecular formula is C13H15N3OS. The highest BCUT2D eigenvalue weighted by molar-refractivity contribution is 7.09. The molecule has 94 valence electrons. The van der Waals surface area contributed by atoms with Gasteiger partial charge >= 0.3 is 0 Å². The second-order valence-corrected chi connectivity index (χ2v) is 4.94. The SMILES string of the molecule is CC(=O)c1ccc(NCCc2nccs2)cc1N. The average molecular weight is 261 g/mol. The molecular weight excluding hydrogens is 246 g/mol. The highest BCUT2D eigenvalue weighted by Crippen LogP contribution is 2.18. The standard InChI is InChI=1S/C13H15N3OS/c1-9(17)11-3-2-10(8-12(11)14)15-5-4-13-16-6-7-18-13/h2-3,6-8,15H,4-5,14H2,1H3. The molecule has 0 atom stereocenters. The minimum atomic E-state index is -0.0122. The molecule has 1 aromatic carbocycles. The summed E-state index contributed by atoms with van der Waals surface area (Å²) in [6, 6.07) is 5.41. The average Bonchev–Trinajstić information content (AvgIpc) is 2.81. The van der Waals surface area contributed by atoms with E-state index in [4.69, 9.17) is 5.73 Å².